The normalized spacial score (nSPS) is 10.7. The van der Waals surface area contributed by atoms with Gasteiger partial charge in [-0.05, 0) is 57.2 Å². The third-order valence-electron chi connectivity index (χ3n) is 4.24. The molecule has 1 aromatic heterocycles. The van der Waals surface area contributed by atoms with Gasteiger partial charge < -0.3 is 4.74 Å². The van der Waals surface area contributed by atoms with Gasteiger partial charge in [-0.25, -0.2) is 9.78 Å². The Balaban J connectivity index is 1.92. The van der Waals surface area contributed by atoms with Gasteiger partial charge in [0, 0.05) is 10.6 Å². The monoisotopic (exact) mass is 404 g/mol. The van der Waals surface area contributed by atoms with Crippen LogP contribution in [-0.4, -0.2) is 11.0 Å². The SMILES string of the molecule is Cc1ccc(N=Nc2c(C)nc(OC(=O)c3ccc(Cl)cc3)c(C#N)c2C)cc1. The zero-order valence-corrected chi connectivity index (χ0v) is 16.9. The number of rotatable bonds is 4. The van der Waals surface area contributed by atoms with Crippen molar-refractivity contribution in [1.82, 2.24) is 4.98 Å². The van der Waals surface area contributed by atoms with Gasteiger partial charge in [-0.1, -0.05) is 29.3 Å². The molecule has 6 nitrogen and oxygen atoms in total. The van der Waals surface area contributed by atoms with Gasteiger partial charge in [0.25, 0.3) is 0 Å². The van der Waals surface area contributed by atoms with Crippen LogP contribution in [0.1, 0.15) is 32.7 Å². The molecule has 0 saturated carbocycles. The van der Waals surface area contributed by atoms with Crippen LogP contribution in [0.5, 0.6) is 5.88 Å². The lowest BCUT2D eigenvalue weighted by Crippen LogP contribution is -2.11. The number of halogens is 1. The molecule has 0 radical (unpaired) electrons. The molecule has 0 fully saturated rings. The number of esters is 1. The van der Waals surface area contributed by atoms with Gasteiger partial charge in [0.15, 0.2) is 0 Å². The van der Waals surface area contributed by atoms with E-state index in [9.17, 15) is 10.1 Å². The van der Waals surface area contributed by atoms with E-state index in [4.69, 9.17) is 16.3 Å². The van der Waals surface area contributed by atoms with E-state index < -0.39 is 5.97 Å². The van der Waals surface area contributed by atoms with E-state index in [1.165, 1.54) is 0 Å². The number of hydrogen-bond donors (Lipinski definition) is 0. The third-order valence-corrected chi connectivity index (χ3v) is 4.49. The van der Waals surface area contributed by atoms with E-state index >= 15 is 0 Å². The van der Waals surface area contributed by atoms with Crippen LogP contribution < -0.4 is 4.74 Å². The van der Waals surface area contributed by atoms with Crippen molar-refractivity contribution in [2.45, 2.75) is 20.8 Å². The van der Waals surface area contributed by atoms with Crippen LogP contribution in [0.2, 0.25) is 5.02 Å². The van der Waals surface area contributed by atoms with Gasteiger partial charge in [-0.3, -0.25) is 0 Å². The van der Waals surface area contributed by atoms with E-state index in [0.717, 1.165) is 5.56 Å². The standard InChI is InChI=1S/C22H17ClN4O2/c1-13-4-10-18(11-5-13)26-27-20-14(2)19(12-24)21(25-15(20)3)29-22(28)16-6-8-17(23)9-7-16/h4-11H,1-3H3. The number of carbonyl (C=O) groups excluding carboxylic acids is 1. The first-order valence-corrected chi connectivity index (χ1v) is 9.14. The van der Waals surface area contributed by atoms with Crippen LogP contribution in [0.15, 0.2) is 58.8 Å². The predicted octanol–water partition coefficient (Wildman–Crippen LogP) is 6.17. The summed E-state index contributed by atoms with van der Waals surface area (Å²) in [6.45, 7) is 5.43. The zero-order chi connectivity index (χ0) is 21.0. The summed E-state index contributed by atoms with van der Waals surface area (Å²) >= 11 is 5.84. The Hall–Kier alpha value is -3.56. The first-order chi connectivity index (χ1) is 13.9. The van der Waals surface area contributed by atoms with Crippen molar-refractivity contribution in [2.75, 3.05) is 0 Å². The minimum Gasteiger partial charge on any atom is -0.402 e. The highest BCUT2D eigenvalue weighted by Crippen LogP contribution is 2.32. The molecule has 0 spiro atoms. The molecule has 29 heavy (non-hydrogen) atoms. The van der Waals surface area contributed by atoms with Crippen molar-refractivity contribution in [3.05, 3.63) is 81.5 Å². The molecule has 7 heteroatoms. The van der Waals surface area contributed by atoms with Crippen molar-refractivity contribution in [3.63, 3.8) is 0 Å². The lowest BCUT2D eigenvalue weighted by molar-refractivity contribution is 0.0726. The average molecular weight is 405 g/mol. The second kappa shape index (κ2) is 8.63. The molecule has 0 aliphatic heterocycles. The number of benzene rings is 2. The molecule has 3 rings (SSSR count). The van der Waals surface area contributed by atoms with E-state index in [1.54, 1.807) is 38.1 Å². The molecule has 0 amide bonds. The summed E-state index contributed by atoms with van der Waals surface area (Å²) in [5.74, 6) is -0.685. The Morgan fingerprint density at radius 3 is 2.31 bits per heavy atom. The topological polar surface area (TPSA) is 87.7 Å². The second-order valence-electron chi connectivity index (χ2n) is 6.39. The second-order valence-corrected chi connectivity index (χ2v) is 6.83. The molecule has 0 unspecified atom stereocenters. The van der Waals surface area contributed by atoms with Crippen molar-refractivity contribution >= 4 is 28.9 Å². The van der Waals surface area contributed by atoms with Crippen molar-refractivity contribution < 1.29 is 9.53 Å². The Morgan fingerprint density at radius 2 is 1.69 bits per heavy atom. The maximum Gasteiger partial charge on any atom is 0.344 e. The summed E-state index contributed by atoms with van der Waals surface area (Å²) < 4.78 is 5.37. The minimum atomic E-state index is -0.626. The molecule has 0 saturated heterocycles. The first kappa shape index (κ1) is 20.2. The number of nitriles is 1. The number of azo groups is 1. The quantitative estimate of drug-likeness (QED) is 0.384. The maximum atomic E-state index is 12.4. The number of ether oxygens (including phenoxy) is 1. The minimum absolute atomic E-state index is 0.0586. The highest BCUT2D eigenvalue weighted by atomic mass is 35.5. The fourth-order valence-corrected chi connectivity index (χ4v) is 2.74. The fourth-order valence-electron chi connectivity index (χ4n) is 2.62. The molecule has 0 aliphatic carbocycles. The van der Waals surface area contributed by atoms with Gasteiger partial charge in [0.2, 0.25) is 5.88 Å². The van der Waals surface area contributed by atoms with Crippen molar-refractivity contribution in [3.8, 4) is 11.9 Å². The summed E-state index contributed by atoms with van der Waals surface area (Å²) in [6, 6.07) is 15.9. The highest BCUT2D eigenvalue weighted by molar-refractivity contribution is 6.30. The largest absolute Gasteiger partial charge is 0.402 e. The molecule has 0 bridgehead atoms. The van der Waals surface area contributed by atoms with E-state index in [-0.39, 0.29) is 11.4 Å². The van der Waals surface area contributed by atoms with Gasteiger partial charge in [0.05, 0.1) is 16.9 Å². The predicted molar refractivity (Wildman–Crippen MR) is 110 cm³/mol. The third kappa shape index (κ3) is 4.65. The first-order valence-electron chi connectivity index (χ1n) is 8.76. The summed E-state index contributed by atoms with van der Waals surface area (Å²) in [5, 5.41) is 18.6. The molecular formula is C22H17ClN4O2. The molecular weight excluding hydrogens is 388 g/mol. The lowest BCUT2D eigenvalue weighted by Gasteiger charge is -2.11. The lowest BCUT2D eigenvalue weighted by atomic mass is 10.1. The summed E-state index contributed by atoms with van der Waals surface area (Å²) in [6.07, 6.45) is 0. The molecule has 144 valence electrons. The zero-order valence-electron chi connectivity index (χ0n) is 16.1. The van der Waals surface area contributed by atoms with Gasteiger partial charge in [0.1, 0.15) is 17.3 Å². The van der Waals surface area contributed by atoms with Crippen LogP contribution in [0.4, 0.5) is 11.4 Å². The number of aromatic nitrogens is 1. The molecule has 0 aliphatic rings. The van der Waals surface area contributed by atoms with E-state index in [1.807, 2.05) is 37.3 Å². The molecule has 0 N–H and O–H groups in total. The number of carbonyl (C=O) groups is 1. The van der Waals surface area contributed by atoms with Crippen LogP contribution in [-0.2, 0) is 0 Å². The fraction of sp³-hybridized carbons (Fsp3) is 0.136. The Kier molecular flexibility index (Phi) is 6.01. The van der Waals surface area contributed by atoms with Gasteiger partial charge >= 0.3 is 5.97 Å². The summed E-state index contributed by atoms with van der Waals surface area (Å²) in [4.78, 5) is 16.7. The highest BCUT2D eigenvalue weighted by Gasteiger charge is 2.19. The Morgan fingerprint density at radius 1 is 1.03 bits per heavy atom. The summed E-state index contributed by atoms with van der Waals surface area (Å²) in [5.41, 5.74) is 3.75. The number of pyridine rings is 1. The summed E-state index contributed by atoms with van der Waals surface area (Å²) in [7, 11) is 0. The number of hydrogen-bond acceptors (Lipinski definition) is 6. The van der Waals surface area contributed by atoms with Crippen molar-refractivity contribution in [2.24, 2.45) is 10.2 Å². The molecule has 1 heterocycles. The van der Waals surface area contributed by atoms with E-state index in [2.05, 4.69) is 15.2 Å². The molecule has 2 aromatic carbocycles. The number of nitrogens with zero attached hydrogens (tertiary/aromatic N) is 4. The van der Waals surface area contributed by atoms with Crippen LogP contribution in [0.25, 0.3) is 0 Å². The molecule has 3 aromatic rings. The van der Waals surface area contributed by atoms with Crippen molar-refractivity contribution in [1.29, 1.82) is 5.26 Å². The van der Waals surface area contributed by atoms with Gasteiger partial charge in [-0.2, -0.15) is 10.4 Å². The van der Waals surface area contributed by atoms with Crippen LogP contribution >= 0.6 is 11.6 Å². The van der Waals surface area contributed by atoms with E-state index in [0.29, 0.717) is 33.2 Å². The smallest absolute Gasteiger partial charge is 0.344 e. The van der Waals surface area contributed by atoms with Crippen LogP contribution in [0, 0.1) is 32.1 Å². The number of aryl methyl sites for hydroxylation is 2. The Labute approximate surface area is 173 Å². The van der Waals surface area contributed by atoms with Crippen LogP contribution in [0.3, 0.4) is 0 Å². The Bertz CT molecular complexity index is 1130. The van der Waals surface area contributed by atoms with Gasteiger partial charge in [-0.15, -0.1) is 5.11 Å². The molecule has 0 atom stereocenters. The maximum absolute atomic E-state index is 12.4. The average Bonchev–Trinajstić information content (AvgIpc) is 2.69.